The van der Waals surface area contributed by atoms with Crippen molar-refractivity contribution in [2.75, 3.05) is 6.54 Å². The quantitative estimate of drug-likeness (QED) is 0.382. The van der Waals surface area contributed by atoms with Crippen LogP contribution in [-0.4, -0.2) is 6.54 Å². The summed E-state index contributed by atoms with van der Waals surface area (Å²) in [6.45, 7) is 2.42. The van der Waals surface area contributed by atoms with Gasteiger partial charge in [0.1, 0.15) is 0 Å². The summed E-state index contributed by atoms with van der Waals surface area (Å²) in [6.07, 6.45) is 1.91. The molecule has 1 aromatic rings. The Labute approximate surface area is 77.3 Å². The summed E-state index contributed by atoms with van der Waals surface area (Å²) in [6, 6.07) is 10.0. The lowest BCUT2D eigenvalue weighted by Gasteiger charge is -1.98. The molecular formula is C10H11N3. The van der Waals surface area contributed by atoms with Crippen LogP contribution in [0.25, 0.3) is 16.0 Å². The Kier molecular flexibility index (Phi) is 3.61. The highest BCUT2D eigenvalue weighted by molar-refractivity contribution is 5.63. The van der Waals surface area contributed by atoms with Crippen molar-refractivity contribution in [2.45, 2.75) is 6.92 Å². The summed E-state index contributed by atoms with van der Waals surface area (Å²) in [5, 5.41) is 3.44. The number of azide groups is 1. The molecule has 0 heterocycles. The molecule has 3 heteroatoms. The SMILES string of the molecule is CC(=CCN=[N+]=[N-])c1ccccc1. The third-order valence-corrected chi connectivity index (χ3v) is 1.77. The van der Waals surface area contributed by atoms with Gasteiger partial charge in [0, 0.05) is 11.5 Å². The molecule has 3 nitrogen and oxygen atoms in total. The van der Waals surface area contributed by atoms with E-state index in [4.69, 9.17) is 5.53 Å². The van der Waals surface area contributed by atoms with Crippen LogP contribution in [0.2, 0.25) is 0 Å². The first-order chi connectivity index (χ1) is 6.34. The smallest absolute Gasteiger partial charge is 0.0445 e. The molecule has 0 spiro atoms. The summed E-state index contributed by atoms with van der Waals surface area (Å²) in [5.74, 6) is 0. The van der Waals surface area contributed by atoms with Gasteiger partial charge < -0.3 is 0 Å². The molecule has 0 saturated carbocycles. The Balaban J connectivity index is 2.73. The number of nitrogens with zero attached hydrogens (tertiary/aromatic N) is 3. The summed E-state index contributed by atoms with van der Waals surface area (Å²) in [7, 11) is 0. The highest BCUT2D eigenvalue weighted by Gasteiger charge is 1.91. The lowest BCUT2D eigenvalue weighted by atomic mass is 10.1. The molecule has 0 fully saturated rings. The fraction of sp³-hybridized carbons (Fsp3) is 0.200. The van der Waals surface area contributed by atoms with Gasteiger partial charge in [-0.2, -0.15) is 0 Å². The van der Waals surface area contributed by atoms with Gasteiger partial charge in [0.2, 0.25) is 0 Å². The van der Waals surface area contributed by atoms with Gasteiger partial charge in [-0.05, 0) is 23.6 Å². The van der Waals surface area contributed by atoms with E-state index in [-0.39, 0.29) is 0 Å². The molecular weight excluding hydrogens is 162 g/mol. The van der Waals surface area contributed by atoms with Crippen LogP contribution in [0.3, 0.4) is 0 Å². The number of rotatable bonds is 3. The Hall–Kier alpha value is -1.73. The largest absolute Gasteiger partial charge is 0.0899 e. The second-order valence-corrected chi connectivity index (χ2v) is 2.67. The lowest BCUT2D eigenvalue weighted by molar-refractivity contribution is 1.21. The van der Waals surface area contributed by atoms with E-state index < -0.39 is 0 Å². The van der Waals surface area contributed by atoms with E-state index in [1.165, 1.54) is 0 Å². The van der Waals surface area contributed by atoms with Crippen molar-refractivity contribution in [2.24, 2.45) is 5.11 Å². The van der Waals surface area contributed by atoms with Crippen molar-refractivity contribution >= 4 is 5.57 Å². The summed E-state index contributed by atoms with van der Waals surface area (Å²) >= 11 is 0. The van der Waals surface area contributed by atoms with Gasteiger partial charge in [0.15, 0.2) is 0 Å². The standard InChI is InChI=1S/C10H11N3/c1-9(7-8-12-13-11)10-5-3-2-4-6-10/h2-7H,8H2,1H3. The van der Waals surface area contributed by atoms with Crippen molar-refractivity contribution in [3.8, 4) is 0 Å². The fourth-order valence-corrected chi connectivity index (χ4v) is 1.03. The Bertz CT molecular complexity index is 334. The summed E-state index contributed by atoms with van der Waals surface area (Å²) in [5.41, 5.74) is 10.4. The third kappa shape index (κ3) is 3.01. The number of allylic oxidation sites excluding steroid dienone is 1. The van der Waals surface area contributed by atoms with Crippen LogP contribution in [0.4, 0.5) is 0 Å². The van der Waals surface area contributed by atoms with Crippen molar-refractivity contribution < 1.29 is 0 Å². The molecule has 0 N–H and O–H groups in total. The van der Waals surface area contributed by atoms with Gasteiger partial charge in [-0.15, -0.1) is 0 Å². The Morgan fingerprint density at radius 1 is 1.46 bits per heavy atom. The van der Waals surface area contributed by atoms with Crippen molar-refractivity contribution in [1.82, 2.24) is 0 Å². The highest BCUT2D eigenvalue weighted by Crippen LogP contribution is 2.11. The van der Waals surface area contributed by atoms with Gasteiger partial charge >= 0.3 is 0 Å². The molecule has 0 aromatic heterocycles. The monoisotopic (exact) mass is 173 g/mol. The van der Waals surface area contributed by atoms with E-state index in [1.54, 1.807) is 0 Å². The molecule has 66 valence electrons. The second kappa shape index (κ2) is 5.01. The van der Waals surface area contributed by atoms with Gasteiger partial charge in [0.05, 0.1) is 0 Å². The predicted octanol–water partition coefficient (Wildman–Crippen LogP) is 3.40. The second-order valence-electron chi connectivity index (χ2n) is 2.67. The molecule has 1 aromatic carbocycles. The highest BCUT2D eigenvalue weighted by atomic mass is 15.1. The van der Waals surface area contributed by atoms with E-state index in [0.717, 1.165) is 11.1 Å². The first-order valence-electron chi connectivity index (χ1n) is 4.07. The molecule has 0 saturated heterocycles. The van der Waals surface area contributed by atoms with Gasteiger partial charge in [-0.25, -0.2) is 0 Å². The molecule has 0 aliphatic carbocycles. The van der Waals surface area contributed by atoms with Crippen LogP contribution in [-0.2, 0) is 0 Å². The maximum atomic E-state index is 8.08. The van der Waals surface area contributed by atoms with Crippen LogP contribution >= 0.6 is 0 Å². The molecule has 13 heavy (non-hydrogen) atoms. The van der Waals surface area contributed by atoms with E-state index in [0.29, 0.717) is 6.54 Å². The first kappa shape index (κ1) is 9.36. The van der Waals surface area contributed by atoms with Crippen LogP contribution in [0.15, 0.2) is 41.5 Å². The molecule has 0 aliphatic heterocycles. The minimum Gasteiger partial charge on any atom is -0.0899 e. The zero-order valence-corrected chi connectivity index (χ0v) is 7.51. The van der Waals surface area contributed by atoms with Crippen molar-refractivity contribution in [1.29, 1.82) is 0 Å². The maximum absolute atomic E-state index is 8.08. The fourth-order valence-electron chi connectivity index (χ4n) is 1.03. The van der Waals surface area contributed by atoms with Crippen molar-refractivity contribution in [3.05, 3.63) is 52.4 Å². The molecule has 0 bridgehead atoms. The minimum absolute atomic E-state index is 0.414. The van der Waals surface area contributed by atoms with E-state index in [2.05, 4.69) is 10.0 Å². The van der Waals surface area contributed by atoms with E-state index in [9.17, 15) is 0 Å². The molecule has 1 rings (SSSR count). The number of benzene rings is 1. The zero-order valence-electron chi connectivity index (χ0n) is 7.51. The minimum atomic E-state index is 0.414. The number of hydrogen-bond acceptors (Lipinski definition) is 1. The topological polar surface area (TPSA) is 48.8 Å². The van der Waals surface area contributed by atoms with Crippen LogP contribution in [0, 0.1) is 0 Å². The van der Waals surface area contributed by atoms with E-state index >= 15 is 0 Å². The van der Waals surface area contributed by atoms with Crippen LogP contribution in [0.1, 0.15) is 12.5 Å². The average molecular weight is 173 g/mol. The van der Waals surface area contributed by atoms with Gasteiger partial charge in [-0.3, -0.25) is 0 Å². The Morgan fingerprint density at radius 2 is 2.15 bits per heavy atom. The number of hydrogen-bond donors (Lipinski definition) is 0. The van der Waals surface area contributed by atoms with Crippen molar-refractivity contribution in [3.63, 3.8) is 0 Å². The molecule has 0 aliphatic rings. The molecule has 0 amide bonds. The summed E-state index contributed by atoms with van der Waals surface area (Å²) in [4.78, 5) is 2.68. The van der Waals surface area contributed by atoms with Gasteiger partial charge in [0.25, 0.3) is 0 Å². The predicted molar refractivity (Wildman–Crippen MR) is 54.1 cm³/mol. The molecule has 0 unspecified atom stereocenters. The maximum Gasteiger partial charge on any atom is 0.0445 e. The molecule has 0 atom stereocenters. The third-order valence-electron chi connectivity index (χ3n) is 1.77. The van der Waals surface area contributed by atoms with E-state index in [1.807, 2.05) is 43.3 Å². The first-order valence-corrected chi connectivity index (χ1v) is 4.07. The summed E-state index contributed by atoms with van der Waals surface area (Å²) < 4.78 is 0. The van der Waals surface area contributed by atoms with Gasteiger partial charge in [-0.1, -0.05) is 41.5 Å². The van der Waals surface area contributed by atoms with Crippen LogP contribution in [0.5, 0.6) is 0 Å². The van der Waals surface area contributed by atoms with Crippen LogP contribution < -0.4 is 0 Å². The average Bonchev–Trinajstić information content (AvgIpc) is 2.19. The zero-order chi connectivity index (χ0) is 9.52. The normalized spacial score (nSPS) is 10.7. The lowest BCUT2D eigenvalue weighted by Crippen LogP contribution is -1.79. The Morgan fingerprint density at radius 3 is 2.77 bits per heavy atom. The molecule has 0 radical (unpaired) electrons.